The fourth-order valence-corrected chi connectivity index (χ4v) is 3.17. The molecule has 4 nitrogen and oxygen atoms in total. The number of ether oxygens (including phenoxy) is 1. The molecule has 1 aliphatic rings. The molecular weight excluding hydrogens is 352 g/mol. The lowest BCUT2D eigenvalue weighted by Gasteiger charge is -2.18. The lowest BCUT2D eigenvalue weighted by Crippen LogP contribution is -2.21. The van der Waals surface area contributed by atoms with Crippen LogP contribution in [0, 0.1) is 0 Å². The highest BCUT2D eigenvalue weighted by Gasteiger charge is 2.29. The van der Waals surface area contributed by atoms with Crippen LogP contribution in [0.25, 0.3) is 6.08 Å². The quantitative estimate of drug-likeness (QED) is 0.400. The molecule has 0 heterocycles. The van der Waals surface area contributed by atoms with Crippen molar-refractivity contribution in [1.29, 1.82) is 0 Å². The van der Waals surface area contributed by atoms with E-state index in [0.717, 1.165) is 5.56 Å². The topological polar surface area (TPSA) is 60.4 Å². The van der Waals surface area contributed by atoms with Gasteiger partial charge in [0.05, 0.1) is 0 Å². The number of hydrogen-bond donors (Lipinski definition) is 0. The number of carbonyl (C=O) groups excluding carboxylic acids is 3. The first kappa shape index (κ1) is 17.6. The van der Waals surface area contributed by atoms with Crippen LogP contribution in [0.5, 0.6) is 0 Å². The molecule has 0 atom stereocenters. The van der Waals surface area contributed by atoms with E-state index in [2.05, 4.69) is 0 Å². The summed E-state index contributed by atoms with van der Waals surface area (Å²) in [5.74, 6) is -0.837. The highest BCUT2D eigenvalue weighted by Crippen LogP contribution is 2.28. The Kier molecular flexibility index (Phi) is 4.68. The first-order valence-corrected chi connectivity index (χ1v) is 8.85. The van der Waals surface area contributed by atoms with E-state index in [0.29, 0.717) is 27.8 Å². The fraction of sp³-hybridized carbons (Fsp3) is 0.0417. The molecule has 0 fully saturated rings. The van der Waals surface area contributed by atoms with Crippen molar-refractivity contribution in [2.75, 3.05) is 0 Å². The SMILES string of the molecule is O=C(/C=C/c1ccccc1)OCc1ccc2c(c1)C(=O)c1ccccc1C2=O. The molecule has 136 valence electrons. The Balaban J connectivity index is 1.49. The van der Waals surface area contributed by atoms with E-state index in [-0.39, 0.29) is 18.2 Å². The summed E-state index contributed by atoms with van der Waals surface area (Å²) in [6.45, 7) is 0.0222. The number of fused-ring (bicyclic) bond motifs is 2. The summed E-state index contributed by atoms with van der Waals surface area (Å²) in [4.78, 5) is 37.3. The van der Waals surface area contributed by atoms with Crippen LogP contribution >= 0.6 is 0 Å². The molecule has 3 aromatic rings. The van der Waals surface area contributed by atoms with Gasteiger partial charge in [0.1, 0.15) is 6.61 Å². The Morgan fingerprint density at radius 1 is 0.750 bits per heavy atom. The lowest BCUT2D eigenvalue weighted by molar-refractivity contribution is -0.138. The van der Waals surface area contributed by atoms with Crippen molar-refractivity contribution in [2.45, 2.75) is 6.61 Å². The summed E-state index contributed by atoms with van der Waals surface area (Å²) in [7, 11) is 0. The summed E-state index contributed by atoms with van der Waals surface area (Å²) < 4.78 is 5.25. The van der Waals surface area contributed by atoms with Crippen molar-refractivity contribution in [3.63, 3.8) is 0 Å². The van der Waals surface area contributed by atoms with Gasteiger partial charge < -0.3 is 4.74 Å². The minimum Gasteiger partial charge on any atom is -0.458 e. The van der Waals surface area contributed by atoms with E-state index in [4.69, 9.17) is 4.74 Å². The lowest BCUT2D eigenvalue weighted by atomic mass is 9.83. The van der Waals surface area contributed by atoms with Gasteiger partial charge in [0.2, 0.25) is 0 Å². The van der Waals surface area contributed by atoms with Crippen LogP contribution in [-0.2, 0) is 16.1 Å². The van der Waals surface area contributed by atoms with E-state index in [1.54, 1.807) is 48.5 Å². The number of carbonyl (C=O) groups is 3. The maximum absolute atomic E-state index is 12.7. The molecule has 0 saturated heterocycles. The Bertz CT molecular complexity index is 1110. The van der Waals surface area contributed by atoms with Gasteiger partial charge in [-0.25, -0.2) is 4.79 Å². The monoisotopic (exact) mass is 368 g/mol. The van der Waals surface area contributed by atoms with Crippen LogP contribution in [0.15, 0.2) is 78.9 Å². The first-order valence-electron chi connectivity index (χ1n) is 8.85. The zero-order chi connectivity index (χ0) is 19.5. The van der Waals surface area contributed by atoms with Crippen molar-refractivity contribution in [3.05, 3.63) is 112 Å². The van der Waals surface area contributed by atoms with E-state index < -0.39 is 5.97 Å². The summed E-state index contributed by atoms with van der Waals surface area (Å²) in [5.41, 5.74) is 3.10. The molecule has 4 heteroatoms. The zero-order valence-corrected chi connectivity index (χ0v) is 14.9. The maximum atomic E-state index is 12.7. The van der Waals surface area contributed by atoms with Gasteiger partial charge in [-0.05, 0) is 29.3 Å². The second-order valence-corrected chi connectivity index (χ2v) is 6.44. The second-order valence-electron chi connectivity index (χ2n) is 6.44. The highest BCUT2D eigenvalue weighted by atomic mass is 16.5. The third kappa shape index (κ3) is 3.40. The van der Waals surface area contributed by atoms with E-state index in [1.807, 2.05) is 30.3 Å². The van der Waals surface area contributed by atoms with Crippen molar-refractivity contribution in [1.82, 2.24) is 0 Å². The van der Waals surface area contributed by atoms with Crippen LogP contribution in [0.2, 0.25) is 0 Å². The molecule has 0 aromatic heterocycles. The molecule has 0 saturated carbocycles. The highest BCUT2D eigenvalue weighted by molar-refractivity contribution is 6.28. The molecule has 0 radical (unpaired) electrons. The van der Waals surface area contributed by atoms with Gasteiger partial charge in [-0.3, -0.25) is 9.59 Å². The average molecular weight is 368 g/mol. The van der Waals surface area contributed by atoms with E-state index in [1.165, 1.54) is 6.08 Å². The van der Waals surface area contributed by atoms with Gasteiger partial charge in [-0.1, -0.05) is 60.7 Å². The van der Waals surface area contributed by atoms with Gasteiger partial charge in [0.15, 0.2) is 11.6 Å². The number of ketones is 2. The molecule has 1 aliphatic carbocycles. The first-order chi connectivity index (χ1) is 13.6. The minimum absolute atomic E-state index is 0.0222. The maximum Gasteiger partial charge on any atom is 0.331 e. The second kappa shape index (κ2) is 7.45. The zero-order valence-electron chi connectivity index (χ0n) is 14.9. The molecule has 0 bridgehead atoms. The summed E-state index contributed by atoms with van der Waals surface area (Å²) in [6, 6.07) is 21.2. The molecule has 0 amide bonds. The predicted molar refractivity (Wildman–Crippen MR) is 105 cm³/mol. The van der Waals surface area contributed by atoms with E-state index >= 15 is 0 Å². The standard InChI is InChI=1S/C24H16O4/c25-22(13-11-16-6-2-1-3-7-16)28-15-17-10-12-20-21(14-17)24(27)19-9-5-4-8-18(19)23(20)26/h1-14H,15H2/b13-11+. The van der Waals surface area contributed by atoms with Gasteiger partial charge in [-0.2, -0.15) is 0 Å². The Morgan fingerprint density at radius 3 is 2.07 bits per heavy atom. The number of rotatable bonds is 4. The van der Waals surface area contributed by atoms with Crippen LogP contribution < -0.4 is 0 Å². The van der Waals surface area contributed by atoms with Gasteiger partial charge in [0, 0.05) is 28.3 Å². The smallest absolute Gasteiger partial charge is 0.331 e. The van der Waals surface area contributed by atoms with Crippen molar-refractivity contribution >= 4 is 23.6 Å². The Hall–Kier alpha value is -3.79. The molecule has 0 unspecified atom stereocenters. The van der Waals surface area contributed by atoms with Crippen LogP contribution in [0.3, 0.4) is 0 Å². The molecule has 4 rings (SSSR count). The van der Waals surface area contributed by atoms with Gasteiger partial charge in [-0.15, -0.1) is 0 Å². The van der Waals surface area contributed by atoms with Gasteiger partial charge >= 0.3 is 5.97 Å². The van der Waals surface area contributed by atoms with Crippen LogP contribution in [0.4, 0.5) is 0 Å². The molecule has 0 N–H and O–H groups in total. The summed E-state index contributed by atoms with van der Waals surface area (Å²) in [5, 5.41) is 0. The van der Waals surface area contributed by atoms with Crippen molar-refractivity contribution < 1.29 is 19.1 Å². The Morgan fingerprint density at radius 2 is 1.36 bits per heavy atom. The third-order valence-corrected chi connectivity index (χ3v) is 4.58. The van der Waals surface area contributed by atoms with Crippen molar-refractivity contribution in [2.24, 2.45) is 0 Å². The van der Waals surface area contributed by atoms with Gasteiger partial charge in [0.25, 0.3) is 0 Å². The third-order valence-electron chi connectivity index (χ3n) is 4.58. The number of esters is 1. The molecule has 28 heavy (non-hydrogen) atoms. The van der Waals surface area contributed by atoms with Crippen molar-refractivity contribution in [3.8, 4) is 0 Å². The largest absolute Gasteiger partial charge is 0.458 e. The summed E-state index contributed by atoms with van der Waals surface area (Å²) >= 11 is 0. The fourth-order valence-electron chi connectivity index (χ4n) is 3.17. The van der Waals surface area contributed by atoms with Crippen LogP contribution in [-0.4, -0.2) is 17.5 Å². The molecule has 0 spiro atoms. The Labute approximate surface area is 162 Å². The number of hydrogen-bond acceptors (Lipinski definition) is 4. The molecule has 3 aromatic carbocycles. The molecular formula is C24H16O4. The number of benzene rings is 3. The normalized spacial score (nSPS) is 12.6. The molecule has 0 aliphatic heterocycles. The van der Waals surface area contributed by atoms with Crippen LogP contribution in [0.1, 0.15) is 43.0 Å². The van der Waals surface area contributed by atoms with E-state index in [9.17, 15) is 14.4 Å². The average Bonchev–Trinajstić information content (AvgIpc) is 2.75. The predicted octanol–water partition coefficient (Wildman–Crippen LogP) is 4.22. The summed E-state index contributed by atoms with van der Waals surface area (Å²) in [6.07, 6.45) is 3.03. The minimum atomic E-state index is -0.477.